The lowest BCUT2D eigenvalue weighted by molar-refractivity contribution is 0.0597. The molecule has 8 bridgehead atoms. The van der Waals surface area contributed by atoms with E-state index in [1.807, 2.05) is 42.5 Å². The Morgan fingerprint density at radius 2 is 1.90 bits per heavy atom. The Morgan fingerprint density at radius 1 is 1.00 bits per heavy atom. The van der Waals surface area contributed by atoms with E-state index in [0.717, 1.165) is 16.7 Å². The minimum atomic E-state index is -0.517. The lowest BCUT2D eigenvalue weighted by atomic mass is 9.87. The summed E-state index contributed by atoms with van der Waals surface area (Å²) in [7, 11) is 1.30. The van der Waals surface area contributed by atoms with Gasteiger partial charge in [0.1, 0.15) is 22.9 Å². The van der Waals surface area contributed by atoms with Crippen molar-refractivity contribution in [1.82, 2.24) is 20.2 Å². The third kappa shape index (κ3) is 5.51. The molecule has 5 heterocycles. The molecule has 1 atom stereocenters. The molecule has 2 aromatic carbocycles. The van der Waals surface area contributed by atoms with E-state index >= 15 is 0 Å². The summed E-state index contributed by atoms with van der Waals surface area (Å²) in [4.78, 5) is 48.6. The first-order valence-corrected chi connectivity index (χ1v) is 13.6. The third-order valence-corrected chi connectivity index (χ3v) is 7.27. The molecule has 0 radical (unpaired) electrons. The van der Waals surface area contributed by atoms with Crippen molar-refractivity contribution in [3.8, 4) is 17.2 Å². The van der Waals surface area contributed by atoms with Gasteiger partial charge in [0, 0.05) is 25.5 Å². The van der Waals surface area contributed by atoms with Crippen LogP contribution in [0.15, 0.2) is 79.3 Å². The Labute approximate surface area is 242 Å². The minimum Gasteiger partial charge on any atom is -0.494 e. The molecular weight excluding hydrogens is 536 g/mol. The number of hydrogen-bond acceptors (Lipinski definition) is 8. The van der Waals surface area contributed by atoms with Crippen LogP contribution in [0.2, 0.25) is 0 Å². The lowest BCUT2D eigenvalue weighted by Crippen LogP contribution is -2.41. The Hall–Kier alpha value is -5.25. The molecular formula is C32H28N4O6. The standard InChI is InChI=1S/C32H28N4O6/c1-40-32(39)22-6-9-28(35-18-22)31(38)36-12-10-20-14-25-7-8-27(20)29(36)21-4-2-5-24(15-21)41-13-3-11-34-30(37)23-16-26(42-25)19-33-17-23/h2,4-9,14-19,29H,3,10-13H2,1H3,(H,34,37). The predicted octanol–water partition coefficient (Wildman–Crippen LogP) is 4.36. The van der Waals surface area contributed by atoms with Gasteiger partial charge < -0.3 is 24.4 Å². The first kappa shape index (κ1) is 26.9. The van der Waals surface area contributed by atoms with Gasteiger partial charge >= 0.3 is 5.97 Å². The number of hydrogen-bond donors (Lipinski definition) is 1. The number of carbonyl (C=O) groups excluding carboxylic acids is 3. The molecule has 10 nitrogen and oxygen atoms in total. The summed E-state index contributed by atoms with van der Waals surface area (Å²) in [6.07, 6.45) is 5.61. The lowest BCUT2D eigenvalue weighted by Gasteiger charge is -2.38. The summed E-state index contributed by atoms with van der Waals surface area (Å²) >= 11 is 0. The van der Waals surface area contributed by atoms with Gasteiger partial charge in [0.2, 0.25) is 0 Å². The van der Waals surface area contributed by atoms with E-state index in [2.05, 4.69) is 15.3 Å². The van der Waals surface area contributed by atoms with Gasteiger partial charge in [-0.1, -0.05) is 18.2 Å². The molecule has 42 heavy (non-hydrogen) atoms. The highest BCUT2D eigenvalue weighted by molar-refractivity contribution is 5.95. The fourth-order valence-electron chi connectivity index (χ4n) is 5.23. The number of nitrogens with one attached hydrogen (secondary N) is 1. The van der Waals surface area contributed by atoms with Gasteiger partial charge in [-0.25, -0.2) is 4.79 Å². The zero-order valence-electron chi connectivity index (χ0n) is 22.9. The number of pyridine rings is 2. The van der Waals surface area contributed by atoms with Crippen molar-refractivity contribution < 1.29 is 28.6 Å². The van der Waals surface area contributed by atoms with Gasteiger partial charge in [0.15, 0.2) is 0 Å². The molecule has 0 aliphatic carbocycles. The average Bonchev–Trinajstić information content (AvgIpc) is 3.03. The van der Waals surface area contributed by atoms with Crippen LogP contribution >= 0.6 is 0 Å². The van der Waals surface area contributed by atoms with Crippen LogP contribution in [-0.2, 0) is 11.2 Å². The van der Waals surface area contributed by atoms with E-state index in [4.69, 9.17) is 14.2 Å². The molecule has 0 spiro atoms. The summed E-state index contributed by atoms with van der Waals surface area (Å²) in [6, 6.07) is 17.8. The second-order valence-corrected chi connectivity index (χ2v) is 9.98. The predicted molar refractivity (Wildman–Crippen MR) is 152 cm³/mol. The van der Waals surface area contributed by atoms with Crippen molar-refractivity contribution in [2.45, 2.75) is 18.9 Å². The summed E-state index contributed by atoms with van der Waals surface area (Å²) in [5.74, 6) is 0.710. The van der Waals surface area contributed by atoms with Crippen molar-refractivity contribution in [3.63, 3.8) is 0 Å². The minimum absolute atomic E-state index is 0.229. The van der Waals surface area contributed by atoms with Crippen molar-refractivity contribution in [1.29, 1.82) is 0 Å². The maximum absolute atomic E-state index is 13.9. The zero-order valence-corrected chi connectivity index (χ0v) is 22.9. The third-order valence-electron chi connectivity index (χ3n) is 7.27. The van der Waals surface area contributed by atoms with Gasteiger partial charge in [-0.2, -0.15) is 0 Å². The Morgan fingerprint density at radius 3 is 2.74 bits per heavy atom. The van der Waals surface area contributed by atoms with Crippen LogP contribution in [0.5, 0.6) is 17.2 Å². The summed E-state index contributed by atoms with van der Waals surface area (Å²) in [6.45, 7) is 1.26. The highest BCUT2D eigenvalue weighted by Crippen LogP contribution is 2.39. The van der Waals surface area contributed by atoms with Crippen LogP contribution in [0.1, 0.15) is 60.4 Å². The molecule has 7 rings (SSSR count). The topological polar surface area (TPSA) is 120 Å². The van der Waals surface area contributed by atoms with Crippen molar-refractivity contribution in [3.05, 3.63) is 113 Å². The highest BCUT2D eigenvalue weighted by atomic mass is 16.5. The van der Waals surface area contributed by atoms with Crippen molar-refractivity contribution >= 4 is 17.8 Å². The van der Waals surface area contributed by atoms with Crippen molar-refractivity contribution in [2.75, 3.05) is 26.8 Å². The van der Waals surface area contributed by atoms with E-state index in [1.165, 1.54) is 25.6 Å². The fourth-order valence-corrected chi connectivity index (χ4v) is 5.23. The molecule has 1 N–H and O–H groups in total. The summed E-state index contributed by atoms with van der Waals surface area (Å²) < 4.78 is 16.9. The number of nitrogens with zero attached hydrogens (tertiary/aromatic N) is 3. The molecule has 2 amide bonds. The van der Waals surface area contributed by atoms with Crippen LogP contribution in [-0.4, -0.2) is 59.5 Å². The number of carbonyl (C=O) groups is 3. The molecule has 4 aromatic rings. The van der Waals surface area contributed by atoms with Gasteiger partial charge in [-0.3, -0.25) is 19.6 Å². The Kier molecular flexibility index (Phi) is 7.50. The monoisotopic (exact) mass is 564 g/mol. The smallest absolute Gasteiger partial charge is 0.339 e. The molecule has 212 valence electrons. The number of benzene rings is 2. The molecule has 0 saturated carbocycles. The van der Waals surface area contributed by atoms with Crippen molar-refractivity contribution in [2.24, 2.45) is 0 Å². The number of esters is 1. The van der Waals surface area contributed by atoms with Gasteiger partial charge in [-0.15, -0.1) is 0 Å². The van der Waals surface area contributed by atoms with E-state index < -0.39 is 12.0 Å². The Bertz CT molecular complexity index is 1660. The van der Waals surface area contributed by atoms with Gasteiger partial charge in [-0.05, 0) is 72.0 Å². The summed E-state index contributed by atoms with van der Waals surface area (Å²) in [5.41, 5.74) is 3.78. The van der Waals surface area contributed by atoms with Crippen LogP contribution in [0.3, 0.4) is 0 Å². The SMILES string of the molecule is COC(=O)c1ccc(C(=O)N2CCc3cc4ccc3C2c2cccc(c2)OCCCNC(=O)c2cncc(c2)O4)nc1. The normalized spacial score (nSPS) is 16.3. The van der Waals surface area contributed by atoms with Gasteiger partial charge in [0.05, 0.1) is 37.1 Å². The van der Waals surface area contributed by atoms with Crippen LogP contribution < -0.4 is 14.8 Å². The van der Waals surface area contributed by atoms with Crippen LogP contribution in [0.25, 0.3) is 0 Å². The number of methoxy groups -OCH3 is 1. The Balaban J connectivity index is 1.39. The molecule has 10 heteroatoms. The van der Waals surface area contributed by atoms with E-state index in [9.17, 15) is 14.4 Å². The molecule has 0 fully saturated rings. The molecule has 3 aliphatic rings. The van der Waals surface area contributed by atoms with E-state index in [-0.39, 0.29) is 23.1 Å². The quantitative estimate of drug-likeness (QED) is 0.357. The molecule has 3 aliphatic heterocycles. The first-order chi connectivity index (χ1) is 20.5. The number of amides is 2. The van der Waals surface area contributed by atoms with Crippen LogP contribution in [0, 0.1) is 0 Å². The maximum atomic E-state index is 13.9. The second kappa shape index (κ2) is 11.7. The second-order valence-electron chi connectivity index (χ2n) is 9.98. The number of fused-ring (bicyclic) bond motifs is 6. The number of ether oxygens (including phenoxy) is 3. The van der Waals surface area contributed by atoms with Crippen LogP contribution in [0.4, 0.5) is 0 Å². The molecule has 2 aromatic heterocycles. The first-order valence-electron chi connectivity index (χ1n) is 13.6. The number of rotatable bonds is 2. The molecule has 1 unspecified atom stereocenters. The van der Waals surface area contributed by atoms with E-state index in [1.54, 1.807) is 23.2 Å². The molecule has 0 saturated heterocycles. The fraction of sp³-hybridized carbons (Fsp3) is 0.219. The zero-order chi connectivity index (χ0) is 29.1. The highest BCUT2D eigenvalue weighted by Gasteiger charge is 2.34. The largest absolute Gasteiger partial charge is 0.494 e. The van der Waals surface area contributed by atoms with Gasteiger partial charge in [0.25, 0.3) is 11.8 Å². The van der Waals surface area contributed by atoms with E-state index in [0.29, 0.717) is 55.4 Å². The maximum Gasteiger partial charge on any atom is 0.339 e. The number of aromatic nitrogens is 2. The summed E-state index contributed by atoms with van der Waals surface area (Å²) in [5, 5.41) is 2.89. The average molecular weight is 565 g/mol.